The molecular formula is C17H18N4O2. The average molecular weight is 310 g/mol. The molecule has 0 amide bonds. The van der Waals surface area contributed by atoms with E-state index in [1.807, 2.05) is 47.1 Å². The summed E-state index contributed by atoms with van der Waals surface area (Å²) in [6, 6.07) is 13.8. The molecule has 1 aliphatic rings. The Bertz CT molecular complexity index is 766. The van der Waals surface area contributed by atoms with Gasteiger partial charge in [-0.15, -0.1) is 0 Å². The van der Waals surface area contributed by atoms with E-state index in [0.29, 0.717) is 18.5 Å². The van der Waals surface area contributed by atoms with Gasteiger partial charge in [0, 0.05) is 18.5 Å². The Kier molecular flexibility index (Phi) is 3.81. The van der Waals surface area contributed by atoms with E-state index in [-0.39, 0.29) is 0 Å². The fourth-order valence-electron chi connectivity index (χ4n) is 2.76. The molecule has 4 rings (SSSR count). The first-order valence-electron chi connectivity index (χ1n) is 7.78. The third-order valence-corrected chi connectivity index (χ3v) is 3.97. The largest absolute Gasteiger partial charge is 0.429 e. The van der Waals surface area contributed by atoms with Crippen molar-refractivity contribution in [3.8, 4) is 11.7 Å². The summed E-state index contributed by atoms with van der Waals surface area (Å²) in [7, 11) is 0. The minimum atomic E-state index is 0.382. The van der Waals surface area contributed by atoms with Crippen LogP contribution in [-0.4, -0.2) is 20.8 Å². The van der Waals surface area contributed by atoms with Crippen LogP contribution in [0.1, 0.15) is 18.0 Å². The monoisotopic (exact) mass is 310 g/mol. The number of fused-ring (bicyclic) bond motifs is 1. The minimum Gasteiger partial charge on any atom is -0.429 e. The molecule has 118 valence electrons. The summed E-state index contributed by atoms with van der Waals surface area (Å²) < 4.78 is 13.3. The van der Waals surface area contributed by atoms with Crippen molar-refractivity contribution in [2.24, 2.45) is 0 Å². The number of ether oxygens (including phenoxy) is 1. The molecule has 0 aliphatic carbocycles. The van der Waals surface area contributed by atoms with E-state index >= 15 is 0 Å². The molecule has 1 N–H and O–H groups in total. The van der Waals surface area contributed by atoms with Crippen molar-refractivity contribution < 1.29 is 9.15 Å². The Morgan fingerprint density at radius 3 is 3.04 bits per heavy atom. The third-order valence-electron chi connectivity index (χ3n) is 3.97. The van der Waals surface area contributed by atoms with Gasteiger partial charge in [0.25, 0.3) is 5.95 Å². The maximum absolute atomic E-state index is 5.71. The SMILES string of the molecule is c1ccc(Oc2ccc(CNC3CCc4ncnn4C3)o2)cc1. The second kappa shape index (κ2) is 6.26. The summed E-state index contributed by atoms with van der Waals surface area (Å²) in [5.74, 6) is 3.21. The van der Waals surface area contributed by atoms with Crippen LogP contribution in [0.15, 0.2) is 53.2 Å². The smallest absolute Gasteiger partial charge is 0.290 e. The molecule has 0 fully saturated rings. The van der Waals surface area contributed by atoms with Crippen LogP contribution in [0.3, 0.4) is 0 Å². The molecule has 0 spiro atoms. The van der Waals surface area contributed by atoms with Crippen molar-refractivity contribution in [2.75, 3.05) is 0 Å². The maximum atomic E-state index is 5.71. The fraction of sp³-hybridized carbons (Fsp3) is 0.294. The van der Waals surface area contributed by atoms with Crippen molar-refractivity contribution >= 4 is 0 Å². The first-order valence-corrected chi connectivity index (χ1v) is 7.78. The zero-order valence-electron chi connectivity index (χ0n) is 12.7. The highest BCUT2D eigenvalue weighted by Gasteiger charge is 2.19. The number of hydrogen-bond acceptors (Lipinski definition) is 5. The van der Waals surface area contributed by atoms with E-state index in [1.165, 1.54) is 0 Å². The number of nitrogens with one attached hydrogen (secondary N) is 1. The summed E-state index contributed by atoms with van der Waals surface area (Å²) in [6.07, 6.45) is 3.64. The number of nitrogens with zero attached hydrogens (tertiary/aromatic N) is 3. The molecule has 2 aromatic heterocycles. The van der Waals surface area contributed by atoms with Crippen LogP contribution < -0.4 is 10.1 Å². The second-order valence-corrected chi connectivity index (χ2v) is 5.61. The van der Waals surface area contributed by atoms with Crippen LogP contribution in [0.2, 0.25) is 0 Å². The minimum absolute atomic E-state index is 0.382. The topological polar surface area (TPSA) is 65.1 Å². The van der Waals surface area contributed by atoms with Crippen LogP contribution >= 0.6 is 0 Å². The second-order valence-electron chi connectivity index (χ2n) is 5.61. The molecule has 0 bridgehead atoms. The molecule has 23 heavy (non-hydrogen) atoms. The summed E-state index contributed by atoms with van der Waals surface area (Å²) >= 11 is 0. The average Bonchev–Trinajstić information content (AvgIpc) is 3.22. The molecule has 0 saturated carbocycles. The van der Waals surface area contributed by atoms with Gasteiger partial charge in [0.2, 0.25) is 0 Å². The predicted octanol–water partition coefficient (Wildman–Crippen LogP) is 2.77. The van der Waals surface area contributed by atoms with E-state index < -0.39 is 0 Å². The Labute approximate surface area is 134 Å². The Morgan fingerprint density at radius 2 is 2.13 bits per heavy atom. The first kappa shape index (κ1) is 14.0. The quantitative estimate of drug-likeness (QED) is 0.785. The number of furan rings is 1. The summed E-state index contributed by atoms with van der Waals surface area (Å²) in [5.41, 5.74) is 0. The van der Waals surface area contributed by atoms with Gasteiger partial charge >= 0.3 is 0 Å². The molecule has 0 radical (unpaired) electrons. The number of para-hydroxylation sites is 1. The number of hydrogen-bond donors (Lipinski definition) is 1. The summed E-state index contributed by atoms with van der Waals surface area (Å²) in [4.78, 5) is 4.24. The predicted molar refractivity (Wildman–Crippen MR) is 84.2 cm³/mol. The van der Waals surface area contributed by atoms with E-state index in [9.17, 15) is 0 Å². The van der Waals surface area contributed by atoms with Gasteiger partial charge in [-0.25, -0.2) is 9.67 Å². The first-order chi connectivity index (χ1) is 11.4. The van der Waals surface area contributed by atoms with Crippen molar-refractivity contribution in [3.63, 3.8) is 0 Å². The van der Waals surface area contributed by atoms with Crippen molar-refractivity contribution in [2.45, 2.75) is 32.0 Å². The molecule has 6 heteroatoms. The van der Waals surface area contributed by atoms with Crippen molar-refractivity contribution in [3.05, 3.63) is 60.4 Å². The van der Waals surface area contributed by atoms with Crippen LogP contribution in [0, 0.1) is 0 Å². The molecule has 6 nitrogen and oxygen atoms in total. The highest BCUT2D eigenvalue weighted by molar-refractivity contribution is 5.26. The van der Waals surface area contributed by atoms with Crippen LogP contribution in [0.5, 0.6) is 11.7 Å². The highest BCUT2D eigenvalue weighted by Crippen LogP contribution is 2.23. The summed E-state index contributed by atoms with van der Waals surface area (Å²) in [6.45, 7) is 1.52. The lowest BCUT2D eigenvalue weighted by molar-refractivity contribution is 0.311. The standard InChI is InChI=1S/C17H18N4O2/c1-2-4-14(5-3-1)22-17-9-7-15(23-17)10-18-13-6-8-16-19-12-20-21(16)11-13/h1-5,7,9,12-13,18H,6,8,10-11H2. The highest BCUT2D eigenvalue weighted by atomic mass is 16.6. The van der Waals surface area contributed by atoms with Gasteiger partial charge in [-0.1, -0.05) is 18.2 Å². The summed E-state index contributed by atoms with van der Waals surface area (Å²) in [5, 5.41) is 7.74. The Hall–Kier alpha value is -2.60. The lowest BCUT2D eigenvalue weighted by Crippen LogP contribution is -2.37. The van der Waals surface area contributed by atoms with Gasteiger partial charge in [-0.3, -0.25) is 0 Å². The van der Waals surface area contributed by atoms with Gasteiger partial charge in [-0.2, -0.15) is 5.10 Å². The number of aromatic nitrogens is 3. The lowest BCUT2D eigenvalue weighted by Gasteiger charge is -2.23. The molecule has 1 unspecified atom stereocenters. The molecule has 1 aromatic carbocycles. The van der Waals surface area contributed by atoms with E-state index in [4.69, 9.17) is 9.15 Å². The zero-order chi connectivity index (χ0) is 15.5. The van der Waals surface area contributed by atoms with Gasteiger partial charge in [-0.05, 0) is 24.6 Å². The van der Waals surface area contributed by atoms with Gasteiger partial charge in [0.05, 0.1) is 13.1 Å². The Balaban J connectivity index is 1.32. The maximum Gasteiger partial charge on any atom is 0.290 e. The van der Waals surface area contributed by atoms with E-state index in [2.05, 4.69) is 15.4 Å². The lowest BCUT2D eigenvalue weighted by atomic mass is 10.1. The number of aryl methyl sites for hydroxylation is 1. The van der Waals surface area contributed by atoms with E-state index in [0.717, 1.165) is 36.7 Å². The van der Waals surface area contributed by atoms with Crippen molar-refractivity contribution in [1.29, 1.82) is 0 Å². The zero-order valence-corrected chi connectivity index (χ0v) is 12.7. The van der Waals surface area contributed by atoms with Gasteiger partial charge < -0.3 is 14.5 Å². The molecular weight excluding hydrogens is 292 g/mol. The molecule has 0 saturated heterocycles. The van der Waals surface area contributed by atoms with Crippen LogP contribution in [-0.2, 0) is 19.5 Å². The third kappa shape index (κ3) is 3.27. The van der Waals surface area contributed by atoms with Crippen LogP contribution in [0.25, 0.3) is 0 Å². The number of rotatable bonds is 5. The fourth-order valence-corrected chi connectivity index (χ4v) is 2.76. The van der Waals surface area contributed by atoms with Crippen LogP contribution in [0.4, 0.5) is 0 Å². The Morgan fingerprint density at radius 1 is 1.22 bits per heavy atom. The molecule has 1 atom stereocenters. The number of benzene rings is 1. The van der Waals surface area contributed by atoms with Crippen molar-refractivity contribution in [1.82, 2.24) is 20.1 Å². The molecule has 3 heterocycles. The molecule has 1 aliphatic heterocycles. The van der Waals surface area contributed by atoms with Gasteiger partial charge in [0.1, 0.15) is 23.7 Å². The van der Waals surface area contributed by atoms with E-state index in [1.54, 1.807) is 6.33 Å². The normalized spacial score (nSPS) is 17.0. The van der Waals surface area contributed by atoms with Gasteiger partial charge in [0.15, 0.2) is 0 Å². The molecule has 3 aromatic rings.